The molecule has 2 aromatic heterocycles. The number of benzene rings is 4. The topological polar surface area (TPSA) is 18.1 Å². The summed E-state index contributed by atoms with van der Waals surface area (Å²) in [6.07, 6.45) is 19.7. The molecule has 6 aliphatic rings. The third-order valence-electron chi connectivity index (χ3n) is 16.4. The normalized spacial score (nSPS) is 36.4. The maximum absolute atomic E-state index is 6.51. The molecule has 0 bridgehead atoms. The summed E-state index contributed by atoms with van der Waals surface area (Å²) < 4.78 is 9.35. The van der Waals surface area contributed by atoms with Gasteiger partial charge in [0.05, 0.1) is 0 Å². The van der Waals surface area contributed by atoms with Crippen LogP contribution in [-0.2, 0) is 0 Å². The van der Waals surface area contributed by atoms with E-state index in [1.165, 1.54) is 95.1 Å². The van der Waals surface area contributed by atoms with Gasteiger partial charge in [-0.05, 0) is 147 Å². The number of hydrogen-bond donors (Lipinski definition) is 0. The van der Waals surface area contributed by atoms with Crippen LogP contribution in [0.1, 0.15) is 89.5 Å². The van der Waals surface area contributed by atoms with Crippen LogP contribution in [-0.4, -0.2) is 4.57 Å². The fraction of sp³-hybridized carbons (Fsp3) is 0.500. The van der Waals surface area contributed by atoms with E-state index in [-0.39, 0.29) is 0 Å². The first-order chi connectivity index (χ1) is 24.8. The SMILES string of the molecule is c1ccc2c(c1)oc1c(-c3ccc4c(c3)c3ccccc3n4C3CCC4C(C3)C3CCCC5C6CCCCC6C6CCCC4C6C53)cccc12. The Hall–Kier alpha value is -3.52. The molecule has 0 aliphatic heterocycles. The summed E-state index contributed by atoms with van der Waals surface area (Å²) in [5.74, 6) is 10.4. The molecule has 0 radical (unpaired) electrons. The Balaban J connectivity index is 0.946. The minimum atomic E-state index is 0.602. The summed E-state index contributed by atoms with van der Waals surface area (Å²) in [6.45, 7) is 0. The third-order valence-corrected chi connectivity index (χ3v) is 16.4. The van der Waals surface area contributed by atoms with E-state index in [9.17, 15) is 0 Å². The number of hydrogen-bond acceptors (Lipinski definition) is 1. The van der Waals surface area contributed by atoms with E-state index in [1.807, 2.05) is 0 Å². The lowest BCUT2D eigenvalue weighted by Gasteiger charge is -2.67. The second-order valence-electron chi connectivity index (χ2n) is 18.0. The molecule has 6 aliphatic carbocycles. The Bertz CT molecular complexity index is 2270. The Kier molecular flexibility index (Phi) is 6.40. The number of nitrogens with zero attached hydrogens (tertiary/aromatic N) is 1. The predicted molar refractivity (Wildman–Crippen MR) is 206 cm³/mol. The highest BCUT2D eigenvalue weighted by atomic mass is 16.3. The quantitative estimate of drug-likeness (QED) is 0.181. The highest BCUT2D eigenvalue weighted by Gasteiger charge is 2.62. The summed E-state index contributed by atoms with van der Waals surface area (Å²) in [6, 6.07) is 32.4. The smallest absolute Gasteiger partial charge is 0.143 e. The molecule has 2 heterocycles. The molecule has 0 saturated heterocycles. The molecule has 11 atom stereocenters. The van der Waals surface area contributed by atoms with Gasteiger partial charge in [-0.25, -0.2) is 0 Å². The molecule has 6 saturated carbocycles. The van der Waals surface area contributed by atoms with E-state index in [0.717, 1.165) is 70.3 Å². The van der Waals surface area contributed by atoms with Crippen molar-refractivity contribution in [3.05, 3.63) is 84.9 Å². The highest BCUT2D eigenvalue weighted by Crippen LogP contribution is 2.69. The lowest BCUT2D eigenvalue weighted by Crippen LogP contribution is -2.61. The van der Waals surface area contributed by atoms with Crippen molar-refractivity contribution in [2.24, 2.45) is 59.2 Å². The number of rotatable bonds is 2. The number of fused-ring (bicyclic) bond motifs is 12. The van der Waals surface area contributed by atoms with Gasteiger partial charge in [0.1, 0.15) is 11.2 Å². The van der Waals surface area contributed by atoms with Gasteiger partial charge in [-0.1, -0.05) is 86.3 Å². The second-order valence-corrected chi connectivity index (χ2v) is 18.0. The van der Waals surface area contributed by atoms with Crippen molar-refractivity contribution in [3.63, 3.8) is 0 Å². The van der Waals surface area contributed by atoms with Crippen LogP contribution in [0.2, 0.25) is 0 Å². The van der Waals surface area contributed by atoms with Gasteiger partial charge in [-0.2, -0.15) is 0 Å². The van der Waals surface area contributed by atoms with Crippen molar-refractivity contribution in [1.82, 2.24) is 4.57 Å². The molecular formula is C48H51NO. The van der Waals surface area contributed by atoms with Crippen LogP contribution in [0.15, 0.2) is 89.3 Å². The summed E-state index contributed by atoms with van der Waals surface area (Å²) in [7, 11) is 0. The van der Waals surface area contributed by atoms with Crippen LogP contribution in [0.25, 0.3) is 54.9 Å². The molecule has 6 fully saturated rings. The maximum Gasteiger partial charge on any atom is 0.143 e. The van der Waals surface area contributed by atoms with Crippen LogP contribution in [0.5, 0.6) is 0 Å². The van der Waals surface area contributed by atoms with Crippen molar-refractivity contribution >= 4 is 43.7 Å². The van der Waals surface area contributed by atoms with Crippen LogP contribution < -0.4 is 0 Å². The van der Waals surface area contributed by atoms with Gasteiger partial charge in [0.2, 0.25) is 0 Å². The lowest BCUT2D eigenvalue weighted by atomic mass is 9.38. The molecule has 0 N–H and O–H groups in total. The Labute approximate surface area is 296 Å². The zero-order chi connectivity index (χ0) is 32.5. The molecule has 254 valence electrons. The molecule has 0 spiro atoms. The lowest BCUT2D eigenvalue weighted by molar-refractivity contribution is -0.189. The standard InChI is InChI=1S/C48H51NO/c1-2-11-32-31(10-1)36-15-8-17-38-33-24-23-29(27-41(33)39-18-9-16-37(32)47(39)46(36)38)49-43-20-5-3-12-34(43)42-26-28(22-25-44(42)49)30-14-7-19-40-35-13-4-6-21-45(35)50-48(30)40/h3-7,12-14,19-22,25-26,29,31-33,36-39,41,46-47H,1-2,8-11,15-18,23-24,27H2. The molecule has 2 heteroatoms. The fourth-order valence-corrected chi connectivity index (χ4v) is 15.0. The third kappa shape index (κ3) is 3.97. The Morgan fingerprint density at radius 2 is 1.08 bits per heavy atom. The molecular weight excluding hydrogens is 607 g/mol. The van der Waals surface area contributed by atoms with Gasteiger partial charge in [-0.3, -0.25) is 0 Å². The van der Waals surface area contributed by atoms with Crippen molar-refractivity contribution in [1.29, 1.82) is 0 Å². The second kappa shape index (κ2) is 11.0. The first kappa shape index (κ1) is 29.1. The molecule has 12 rings (SSSR count). The van der Waals surface area contributed by atoms with E-state index in [0.29, 0.717) is 6.04 Å². The molecule has 50 heavy (non-hydrogen) atoms. The monoisotopic (exact) mass is 657 g/mol. The molecule has 4 aromatic carbocycles. The maximum atomic E-state index is 6.51. The average Bonchev–Trinajstić information content (AvgIpc) is 3.73. The summed E-state index contributed by atoms with van der Waals surface area (Å²) in [5.41, 5.74) is 7.30. The molecule has 6 aromatic rings. The van der Waals surface area contributed by atoms with Crippen LogP contribution in [0.4, 0.5) is 0 Å². The fourth-order valence-electron chi connectivity index (χ4n) is 15.0. The van der Waals surface area contributed by atoms with Crippen molar-refractivity contribution < 1.29 is 4.42 Å². The number of furan rings is 1. The van der Waals surface area contributed by atoms with Gasteiger partial charge in [0.15, 0.2) is 0 Å². The largest absolute Gasteiger partial charge is 0.455 e. The zero-order valence-electron chi connectivity index (χ0n) is 29.5. The van der Waals surface area contributed by atoms with E-state index >= 15 is 0 Å². The number of para-hydroxylation sites is 3. The predicted octanol–water partition coefficient (Wildman–Crippen LogP) is 13.2. The molecule has 11 unspecified atom stereocenters. The first-order valence-corrected chi connectivity index (χ1v) is 20.7. The van der Waals surface area contributed by atoms with Crippen molar-refractivity contribution in [2.45, 2.75) is 89.5 Å². The van der Waals surface area contributed by atoms with Gasteiger partial charge in [0.25, 0.3) is 0 Å². The van der Waals surface area contributed by atoms with E-state index < -0.39 is 0 Å². The zero-order valence-corrected chi connectivity index (χ0v) is 29.5. The Morgan fingerprint density at radius 3 is 1.86 bits per heavy atom. The van der Waals surface area contributed by atoms with Crippen LogP contribution in [0, 0.1) is 59.2 Å². The van der Waals surface area contributed by atoms with Gasteiger partial charge < -0.3 is 8.98 Å². The van der Waals surface area contributed by atoms with Crippen molar-refractivity contribution in [3.8, 4) is 11.1 Å². The molecule has 2 nitrogen and oxygen atoms in total. The van der Waals surface area contributed by atoms with E-state index in [2.05, 4.69) is 89.5 Å². The summed E-state index contributed by atoms with van der Waals surface area (Å²) >= 11 is 0. The molecule has 0 amide bonds. The van der Waals surface area contributed by atoms with Crippen LogP contribution >= 0.6 is 0 Å². The van der Waals surface area contributed by atoms with Crippen LogP contribution in [0.3, 0.4) is 0 Å². The van der Waals surface area contributed by atoms with Gasteiger partial charge >= 0.3 is 0 Å². The van der Waals surface area contributed by atoms with E-state index in [1.54, 1.807) is 32.1 Å². The highest BCUT2D eigenvalue weighted by molar-refractivity contribution is 6.12. The first-order valence-electron chi connectivity index (χ1n) is 20.7. The Morgan fingerprint density at radius 1 is 0.460 bits per heavy atom. The van der Waals surface area contributed by atoms with Gasteiger partial charge in [0, 0.05) is 44.2 Å². The minimum Gasteiger partial charge on any atom is -0.455 e. The average molecular weight is 658 g/mol. The van der Waals surface area contributed by atoms with Gasteiger partial charge in [-0.15, -0.1) is 0 Å². The van der Waals surface area contributed by atoms with E-state index in [4.69, 9.17) is 4.42 Å². The summed E-state index contributed by atoms with van der Waals surface area (Å²) in [5, 5.41) is 5.22. The number of aromatic nitrogens is 1. The minimum absolute atomic E-state index is 0.602. The van der Waals surface area contributed by atoms with Crippen molar-refractivity contribution in [2.75, 3.05) is 0 Å². The summed E-state index contributed by atoms with van der Waals surface area (Å²) in [4.78, 5) is 0.